The zero-order valence-electron chi connectivity index (χ0n) is 11.7. The Morgan fingerprint density at radius 2 is 1.87 bits per heavy atom. The van der Waals surface area contributed by atoms with E-state index in [4.69, 9.17) is 5.73 Å². The van der Waals surface area contributed by atoms with Crippen LogP contribution in [-0.2, 0) is 22.7 Å². The van der Waals surface area contributed by atoms with Crippen LogP contribution in [0.25, 0.3) is 11.0 Å². The Balaban J connectivity index is 1.91. The van der Waals surface area contributed by atoms with E-state index in [0.29, 0.717) is 11.0 Å². The van der Waals surface area contributed by atoms with Gasteiger partial charge in [0.2, 0.25) is 0 Å². The van der Waals surface area contributed by atoms with Crippen molar-refractivity contribution < 1.29 is 17.4 Å². The molecule has 3 aromatic rings. The van der Waals surface area contributed by atoms with Crippen molar-refractivity contribution in [3.63, 3.8) is 0 Å². The van der Waals surface area contributed by atoms with Gasteiger partial charge in [-0.2, -0.15) is 13.2 Å². The van der Waals surface area contributed by atoms with Crippen molar-refractivity contribution in [3.8, 4) is 0 Å². The second-order valence-electron chi connectivity index (χ2n) is 4.93. The molecule has 120 valence electrons. The second-order valence-corrected chi connectivity index (χ2v) is 6.29. The lowest BCUT2D eigenvalue weighted by Gasteiger charge is -2.12. The molecule has 0 saturated carbocycles. The van der Waals surface area contributed by atoms with Crippen molar-refractivity contribution in [3.05, 3.63) is 53.6 Å². The van der Waals surface area contributed by atoms with E-state index in [0.717, 1.165) is 6.07 Å². The first-order valence-corrected chi connectivity index (χ1v) is 7.96. The fraction of sp³-hybridized carbons (Fsp3) is 0.133. The van der Waals surface area contributed by atoms with Gasteiger partial charge in [-0.25, -0.2) is 4.98 Å². The number of fused-ring (bicyclic) bond motifs is 1. The number of nitrogens with two attached hydrogens (primary N) is 1. The Morgan fingerprint density at radius 1 is 1.13 bits per heavy atom. The summed E-state index contributed by atoms with van der Waals surface area (Å²) >= 11 is 0. The fourth-order valence-corrected chi connectivity index (χ4v) is 3.33. The minimum Gasteiger partial charge on any atom is -0.398 e. The number of aromatic amines is 1. The van der Waals surface area contributed by atoms with E-state index >= 15 is 0 Å². The van der Waals surface area contributed by atoms with Crippen molar-refractivity contribution in [1.29, 1.82) is 0 Å². The SMILES string of the molecule is Nc1c(CS(=O)c2nc3ccccc3[nH]2)cccc1C(F)(F)F. The molecule has 4 nitrogen and oxygen atoms in total. The molecule has 0 spiro atoms. The number of hydrogen-bond acceptors (Lipinski definition) is 3. The first-order valence-electron chi connectivity index (χ1n) is 6.64. The predicted molar refractivity (Wildman–Crippen MR) is 82.1 cm³/mol. The molecule has 0 aliphatic heterocycles. The Kier molecular flexibility index (Phi) is 3.85. The van der Waals surface area contributed by atoms with Gasteiger partial charge >= 0.3 is 6.18 Å². The van der Waals surface area contributed by atoms with Crippen LogP contribution in [0.15, 0.2) is 47.6 Å². The summed E-state index contributed by atoms with van der Waals surface area (Å²) in [5, 5.41) is 0.211. The first kappa shape index (κ1) is 15.5. The molecule has 1 aromatic heterocycles. The lowest BCUT2D eigenvalue weighted by atomic mass is 10.1. The van der Waals surface area contributed by atoms with E-state index in [-0.39, 0.29) is 16.5 Å². The third-order valence-corrected chi connectivity index (χ3v) is 4.57. The maximum absolute atomic E-state index is 12.9. The number of rotatable bonds is 3. The topological polar surface area (TPSA) is 71.8 Å². The van der Waals surface area contributed by atoms with Crippen LogP contribution in [0, 0.1) is 0 Å². The van der Waals surface area contributed by atoms with Gasteiger partial charge in [0.15, 0.2) is 5.16 Å². The quantitative estimate of drug-likeness (QED) is 0.718. The number of anilines is 1. The molecule has 3 N–H and O–H groups in total. The van der Waals surface area contributed by atoms with Gasteiger partial charge in [0.05, 0.1) is 33.1 Å². The fourth-order valence-electron chi connectivity index (χ4n) is 2.23. The summed E-state index contributed by atoms with van der Waals surface area (Å²) in [5.41, 5.74) is 5.81. The molecule has 3 rings (SSSR count). The van der Waals surface area contributed by atoms with Gasteiger partial charge in [-0.1, -0.05) is 24.3 Å². The van der Waals surface area contributed by atoms with Crippen molar-refractivity contribution in [2.75, 3.05) is 5.73 Å². The number of alkyl halides is 3. The highest BCUT2D eigenvalue weighted by Crippen LogP contribution is 2.35. The van der Waals surface area contributed by atoms with E-state index in [2.05, 4.69) is 9.97 Å². The second kappa shape index (κ2) is 5.69. The molecule has 23 heavy (non-hydrogen) atoms. The van der Waals surface area contributed by atoms with E-state index in [1.165, 1.54) is 12.1 Å². The molecule has 0 amide bonds. The summed E-state index contributed by atoms with van der Waals surface area (Å²) in [5.74, 6) is -0.143. The number of imidazole rings is 1. The molecule has 2 aromatic carbocycles. The van der Waals surface area contributed by atoms with Crippen LogP contribution in [0.2, 0.25) is 0 Å². The molecule has 0 saturated heterocycles. The van der Waals surface area contributed by atoms with Crippen LogP contribution in [0.1, 0.15) is 11.1 Å². The molecule has 0 fully saturated rings. The molecule has 0 aliphatic carbocycles. The average Bonchev–Trinajstić information content (AvgIpc) is 2.92. The Morgan fingerprint density at radius 3 is 2.57 bits per heavy atom. The van der Waals surface area contributed by atoms with Gasteiger partial charge in [-0.3, -0.25) is 4.21 Å². The number of H-pyrrole nitrogens is 1. The van der Waals surface area contributed by atoms with Gasteiger partial charge in [-0.05, 0) is 23.8 Å². The number of nitrogen functional groups attached to an aromatic ring is 1. The Hall–Kier alpha value is -2.35. The summed E-state index contributed by atoms with van der Waals surface area (Å²) in [4.78, 5) is 7.10. The summed E-state index contributed by atoms with van der Waals surface area (Å²) in [6, 6.07) is 10.7. The lowest BCUT2D eigenvalue weighted by molar-refractivity contribution is -0.136. The predicted octanol–water partition coefficient (Wildman–Crippen LogP) is 3.47. The zero-order chi connectivity index (χ0) is 16.6. The third kappa shape index (κ3) is 3.07. The lowest BCUT2D eigenvalue weighted by Crippen LogP contribution is -2.11. The molecule has 0 aliphatic rings. The summed E-state index contributed by atoms with van der Waals surface area (Å²) < 4.78 is 50.9. The van der Waals surface area contributed by atoms with Gasteiger partial charge in [-0.15, -0.1) is 0 Å². The highest BCUT2D eigenvalue weighted by molar-refractivity contribution is 7.84. The standard InChI is InChI=1S/C15H12F3N3OS/c16-15(17,18)10-5-3-4-9(13(10)19)8-23(22)14-20-11-6-1-2-7-12(11)21-14/h1-7H,8,19H2,(H,20,21). The summed E-state index contributed by atoms with van der Waals surface area (Å²) in [7, 11) is -1.63. The summed E-state index contributed by atoms with van der Waals surface area (Å²) in [6.07, 6.45) is -4.54. The van der Waals surface area contributed by atoms with Crippen molar-refractivity contribution >= 4 is 27.5 Å². The molecule has 1 unspecified atom stereocenters. The van der Waals surface area contributed by atoms with Crippen LogP contribution < -0.4 is 5.73 Å². The molecular weight excluding hydrogens is 327 g/mol. The molecule has 8 heteroatoms. The number of nitrogens with one attached hydrogen (secondary N) is 1. The van der Waals surface area contributed by atoms with Gasteiger partial charge < -0.3 is 10.7 Å². The average molecular weight is 339 g/mol. The highest BCUT2D eigenvalue weighted by Gasteiger charge is 2.33. The largest absolute Gasteiger partial charge is 0.418 e. The minimum atomic E-state index is -4.54. The zero-order valence-corrected chi connectivity index (χ0v) is 12.5. The van der Waals surface area contributed by atoms with Crippen molar-refractivity contribution in [2.45, 2.75) is 17.1 Å². The van der Waals surface area contributed by atoms with Crippen LogP contribution in [0.4, 0.5) is 18.9 Å². The van der Waals surface area contributed by atoms with E-state index < -0.39 is 28.2 Å². The first-order chi connectivity index (χ1) is 10.9. The maximum atomic E-state index is 12.9. The highest BCUT2D eigenvalue weighted by atomic mass is 32.2. The number of aromatic nitrogens is 2. The smallest absolute Gasteiger partial charge is 0.398 e. The maximum Gasteiger partial charge on any atom is 0.418 e. The molecule has 1 heterocycles. The van der Waals surface area contributed by atoms with Gasteiger partial charge in [0.25, 0.3) is 0 Å². The summed E-state index contributed by atoms with van der Waals surface area (Å²) in [6.45, 7) is 0. The molecular formula is C15H12F3N3OS. The number of hydrogen-bond donors (Lipinski definition) is 2. The van der Waals surface area contributed by atoms with Crippen LogP contribution in [-0.4, -0.2) is 14.2 Å². The number of para-hydroxylation sites is 3. The van der Waals surface area contributed by atoms with E-state index in [1.807, 2.05) is 0 Å². The third-order valence-electron chi connectivity index (χ3n) is 3.37. The number of halogens is 3. The Bertz CT molecular complexity index is 856. The normalized spacial score (nSPS) is 13.3. The molecule has 0 bridgehead atoms. The van der Waals surface area contributed by atoms with Gasteiger partial charge in [0, 0.05) is 5.69 Å². The van der Waals surface area contributed by atoms with Crippen molar-refractivity contribution in [1.82, 2.24) is 9.97 Å². The van der Waals surface area contributed by atoms with Crippen LogP contribution in [0.3, 0.4) is 0 Å². The monoisotopic (exact) mass is 339 g/mol. The van der Waals surface area contributed by atoms with E-state index in [1.54, 1.807) is 24.3 Å². The Labute approximate surface area is 132 Å². The van der Waals surface area contributed by atoms with E-state index in [9.17, 15) is 17.4 Å². The number of benzene rings is 2. The van der Waals surface area contributed by atoms with Gasteiger partial charge in [0.1, 0.15) is 0 Å². The number of nitrogens with zero attached hydrogens (tertiary/aromatic N) is 1. The molecule has 1 atom stereocenters. The van der Waals surface area contributed by atoms with Crippen LogP contribution >= 0.6 is 0 Å². The van der Waals surface area contributed by atoms with Crippen molar-refractivity contribution in [2.24, 2.45) is 0 Å². The van der Waals surface area contributed by atoms with Crippen LogP contribution in [0.5, 0.6) is 0 Å². The molecule has 0 radical (unpaired) electrons. The minimum absolute atomic E-state index is 0.143.